The van der Waals surface area contributed by atoms with Crippen molar-refractivity contribution in [2.75, 3.05) is 7.05 Å². The van der Waals surface area contributed by atoms with Crippen molar-refractivity contribution in [3.63, 3.8) is 0 Å². The van der Waals surface area contributed by atoms with Crippen molar-refractivity contribution in [3.8, 4) is 0 Å². The molecule has 0 saturated heterocycles. The molecule has 1 atom stereocenters. The van der Waals surface area contributed by atoms with Crippen molar-refractivity contribution in [3.05, 3.63) is 107 Å². The Labute approximate surface area is 182 Å². The normalized spacial score (nSPS) is 11.6. The van der Waals surface area contributed by atoms with Crippen molar-refractivity contribution in [1.29, 1.82) is 0 Å². The Morgan fingerprint density at radius 2 is 1.48 bits per heavy atom. The fraction of sp³-hybridized carbons (Fsp3) is 0.231. The fourth-order valence-electron chi connectivity index (χ4n) is 3.49. The van der Waals surface area contributed by atoms with Gasteiger partial charge in [0.25, 0.3) is 0 Å². The third kappa shape index (κ3) is 6.25. The Hall–Kier alpha value is -3.47. The summed E-state index contributed by atoms with van der Waals surface area (Å²) in [5, 5.41) is 2.69. The van der Waals surface area contributed by atoms with E-state index in [1.54, 1.807) is 24.1 Å². The number of carbonyl (C=O) groups is 2. The SMILES string of the molecule is CNC(=O)[C@H](Cc1ccccc1)N(Cc1ccc(F)cc1)C(=O)Cc1ccc(C)cc1. The summed E-state index contributed by atoms with van der Waals surface area (Å²) >= 11 is 0. The second-order valence-electron chi connectivity index (χ2n) is 7.63. The summed E-state index contributed by atoms with van der Waals surface area (Å²) < 4.78 is 13.4. The first-order valence-corrected chi connectivity index (χ1v) is 10.3. The van der Waals surface area contributed by atoms with E-state index in [4.69, 9.17) is 0 Å². The lowest BCUT2D eigenvalue weighted by atomic mass is 10.0. The van der Waals surface area contributed by atoms with Crippen LogP contribution < -0.4 is 5.32 Å². The largest absolute Gasteiger partial charge is 0.357 e. The maximum atomic E-state index is 13.4. The highest BCUT2D eigenvalue weighted by Crippen LogP contribution is 2.17. The number of halogens is 1. The van der Waals surface area contributed by atoms with Gasteiger partial charge in [0.05, 0.1) is 6.42 Å². The molecule has 5 heteroatoms. The van der Waals surface area contributed by atoms with E-state index in [0.29, 0.717) is 6.42 Å². The second kappa shape index (κ2) is 10.5. The molecule has 1 N–H and O–H groups in total. The zero-order valence-electron chi connectivity index (χ0n) is 17.8. The van der Waals surface area contributed by atoms with Gasteiger partial charge in [-0.3, -0.25) is 9.59 Å². The van der Waals surface area contributed by atoms with Gasteiger partial charge in [-0.2, -0.15) is 0 Å². The summed E-state index contributed by atoms with van der Waals surface area (Å²) in [6, 6.07) is 22.7. The van der Waals surface area contributed by atoms with Gasteiger partial charge in [-0.05, 0) is 35.7 Å². The van der Waals surface area contributed by atoms with Gasteiger partial charge < -0.3 is 10.2 Å². The molecule has 31 heavy (non-hydrogen) atoms. The van der Waals surface area contributed by atoms with E-state index in [0.717, 1.165) is 22.3 Å². The van der Waals surface area contributed by atoms with Crippen molar-refractivity contribution in [1.82, 2.24) is 10.2 Å². The maximum Gasteiger partial charge on any atom is 0.242 e. The summed E-state index contributed by atoms with van der Waals surface area (Å²) in [5.74, 6) is -0.727. The standard InChI is InChI=1S/C26H27FN2O2/c1-19-8-10-21(11-9-19)17-25(30)29(18-22-12-14-23(27)15-13-22)24(26(31)28-2)16-20-6-4-3-5-7-20/h3-15,24H,16-18H2,1-2H3,(H,28,31)/t24-/m0/s1. The lowest BCUT2D eigenvalue weighted by molar-refractivity contribution is -0.140. The van der Waals surface area contributed by atoms with Crippen LogP contribution in [0.1, 0.15) is 22.3 Å². The number of benzene rings is 3. The number of nitrogens with zero attached hydrogens (tertiary/aromatic N) is 1. The first-order chi connectivity index (χ1) is 15.0. The van der Waals surface area contributed by atoms with Crippen LogP contribution >= 0.6 is 0 Å². The maximum absolute atomic E-state index is 13.4. The molecule has 0 bridgehead atoms. The van der Waals surface area contributed by atoms with Crippen LogP contribution in [-0.2, 0) is 29.0 Å². The van der Waals surface area contributed by atoms with Gasteiger partial charge in [0.15, 0.2) is 0 Å². The van der Waals surface area contributed by atoms with Crippen molar-refractivity contribution in [2.24, 2.45) is 0 Å². The summed E-state index contributed by atoms with van der Waals surface area (Å²) in [5.41, 5.74) is 3.73. The van der Waals surface area contributed by atoms with Gasteiger partial charge in [-0.25, -0.2) is 4.39 Å². The van der Waals surface area contributed by atoms with Crippen molar-refractivity contribution >= 4 is 11.8 Å². The quantitative estimate of drug-likeness (QED) is 0.600. The first-order valence-electron chi connectivity index (χ1n) is 10.3. The molecule has 3 rings (SSSR count). The van der Waals surface area contributed by atoms with E-state index >= 15 is 0 Å². The summed E-state index contributed by atoms with van der Waals surface area (Å²) in [4.78, 5) is 27.8. The number of nitrogens with one attached hydrogen (secondary N) is 1. The number of hydrogen-bond donors (Lipinski definition) is 1. The molecule has 0 heterocycles. The molecule has 0 aliphatic heterocycles. The van der Waals surface area contributed by atoms with E-state index in [1.165, 1.54) is 12.1 Å². The summed E-state index contributed by atoms with van der Waals surface area (Å²) in [6.45, 7) is 2.21. The molecular weight excluding hydrogens is 391 g/mol. The van der Waals surface area contributed by atoms with Gasteiger partial charge in [-0.1, -0.05) is 72.3 Å². The molecule has 3 aromatic carbocycles. The molecule has 0 radical (unpaired) electrons. The van der Waals surface area contributed by atoms with Gasteiger partial charge in [0.2, 0.25) is 11.8 Å². The molecular formula is C26H27FN2O2. The van der Waals surface area contributed by atoms with Crippen LogP contribution in [0.2, 0.25) is 0 Å². The van der Waals surface area contributed by atoms with Gasteiger partial charge in [0, 0.05) is 20.0 Å². The van der Waals surface area contributed by atoms with Crippen LogP contribution in [0, 0.1) is 12.7 Å². The molecule has 2 amide bonds. The number of amides is 2. The average Bonchev–Trinajstić information content (AvgIpc) is 2.79. The molecule has 0 unspecified atom stereocenters. The molecule has 3 aromatic rings. The molecule has 160 valence electrons. The van der Waals surface area contributed by atoms with Crippen LogP contribution in [-0.4, -0.2) is 29.8 Å². The van der Waals surface area contributed by atoms with Gasteiger partial charge >= 0.3 is 0 Å². The Morgan fingerprint density at radius 1 is 0.871 bits per heavy atom. The third-order valence-electron chi connectivity index (χ3n) is 5.26. The van der Waals surface area contributed by atoms with Crippen LogP contribution in [0.5, 0.6) is 0 Å². The summed E-state index contributed by atoms with van der Waals surface area (Å²) in [6.07, 6.45) is 0.575. The van der Waals surface area contributed by atoms with Gasteiger partial charge in [-0.15, -0.1) is 0 Å². The molecule has 0 fully saturated rings. The smallest absolute Gasteiger partial charge is 0.242 e. The predicted molar refractivity (Wildman–Crippen MR) is 120 cm³/mol. The fourth-order valence-corrected chi connectivity index (χ4v) is 3.49. The topological polar surface area (TPSA) is 49.4 Å². The number of rotatable bonds is 8. The first kappa shape index (κ1) is 22.2. The Kier molecular flexibility index (Phi) is 7.55. The Bertz CT molecular complexity index is 1000. The number of aryl methyl sites for hydroxylation is 1. The van der Waals surface area contributed by atoms with Crippen molar-refractivity contribution < 1.29 is 14.0 Å². The van der Waals surface area contributed by atoms with Crippen LogP contribution in [0.4, 0.5) is 4.39 Å². The highest BCUT2D eigenvalue weighted by Gasteiger charge is 2.29. The molecule has 0 spiro atoms. The summed E-state index contributed by atoms with van der Waals surface area (Å²) in [7, 11) is 1.57. The molecule has 0 aliphatic carbocycles. The van der Waals surface area contributed by atoms with Gasteiger partial charge in [0.1, 0.15) is 11.9 Å². The predicted octanol–water partition coefficient (Wildman–Crippen LogP) is 4.06. The van der Waals surface area contributed by atoms with E-state index in [1.807, 2.05) is 61.5 Å². The van der Waals surface area contributed by atoms with Crippen molar-refractivity contribution in [2.45, 2.75) is 32.4 Å². The minimum atomic E-state index is -0.685. The van der Waals surface area contributed by atoms with Crippen LogP contribution in [0.15, 0.2) is 78.9 Å². The minimum absolute atomic E-state index is 0.155. The number of likely N-dealkylation sites (N-methyl/N-ethyl adjacent to an activating group) is 1. The lowest BCUT2D eigenvalue weighted by Crippen LogP contribution is -2.50. The Morgan fingerprint density at radius 3 is 2.10 bits per heavy atom. The van der Waals surface area contributed by atoms with E-state index in [2.05, 4.69) is 5.32 Å². The third-order valence-corrected chi connectivity index (χ3v) is 5.26. The zero-order chi connectivity index (χ0) is 22.2. The highest BCUT2D eigenvalue weighted by atomic mass is 19.1. The van der Waals surface area contributed by atoms with E-state index in [-0.39, 0.29) is 30.6 Å². The average molecular weight is 419 g/mol. The zero-order valence-corrected chi connectivity index (χ0v) is 17.8. The van der Waals surface area contributed by atoms with Crippen LogP contribution in [0.3, 0.4) is 0 Å². The molecule has 0 aliphatic rings. The minimum Gasteiger partial charge on any atom is -0.357 e. The molecule has 0 saturated carbocycles. The Balaban J connectivity index is 1.92. The van der Waals surface area contributed by atoms with E-state index < -0.39 is 6.04 Å². The lowest BCUT2D eigenvalue weighted by Gasteiger charge is -2.31. The molecule has 4 nitrogen and oxygen atoms in total. The van der Waals surface area contributed by atoms with Crippen LogP contribution in [0.25, 0.3) is 0 Å². The highest BCUT2D eigenvalue weighted by molar-refractivity contribution is 5.88. The number of carbonyl (C=O) groups excluding carboxylic acids is 2. The second-order valence-corrected chi connectivity index (χ2v) is 7.63. The number of hydrogen-bond acceptors (Lipinski definition) is 2. The van der Waals surface area contributed by atoms with E-state index in [9.17, 15) is 14.0 Å². The molecule has 0 aromatic heterocycles. The monoisotopic (exact) mass is 418 g/mol.